The molecule has 3 amide bonds. The third-order valence-corrected chi connectivity index (χ3v) is 6.43. The standard InChI is InChI=1S/C27H31N3O6/c1-6-10-30-21-16-29(11-9-17-7-8-22(35-4)23(12-17)36-5)26(31)24(21)25(28-27(30)32)18-13-19(33-2)15-20(14-18)34-3/h6-8,12-15,25H,1,9-11,16H2,2-5H3,(H,28,32). The molecule has 4 rings (SSSR count). The van der Waals surface area contributed by atoms with Gasteiger partial charge in [-0.05, 0) is 41.8 Å². The molecule has 0 saturated heterocycles. The molecule has 2 aliphatic heterocycles. The van der Waals surface area contributed by atoms with Crippen LogP contribution in [0.5, 0.6) is 23.0 Å². The van der Waals surface area contributed by atoms with E-state index in [9.17, 15) is 9.59 Å². The molecule has 9 nitrogen and oxygen atoms in total. The minimum absolute atomic E-state index is 0.119. The predicted molar refractivity (Wildman–Crippen MR) is 135 cm³/mol. The van der Waals surface area contributed by atoms with E-state index in [4.69, 9.17) is 18.9 Å². The summed E-state index contributed by atoms with van der Waals surface area (Å²) in [7, 11) is 6.31. The van der Waals surface area contributed by atoms with Gasteiger partial charge < -0.3 is 29.2 Å². The zero-order chi connectivity index (χ0) is 25.8. The molecule has 0 aromatic heterocycles. The molecule has 36 heavy (non-hydrogen) atoms. The normalized spacial score (nSPS) is 17.1. The van der Waals surface area contributed by atoms with E-state index < -0.39 is 6.04 Å². The van der Waals surface area contributed by atoms with Gasteiger partial charge in [-0.25, -0.2) is 4.79 Å². The predicted octanol–water partition coefficient (Wildman–Crippen LogP) is 3.31. The second-order valence-corrected chi connectivity index (χ2v) is 8.45. The van der Waals surface area contributed by atoms with Crippen LogP contribution in [0.1, 0.15) is 17.2 Å². The lowest BCUT2D eigenvalue weighted by Gasteiger charge is -2.33. The van der Waals surface area contributed by atoms with Gasteiger partial charge in [0.25, 0.3) is 5.91 Å². The van der Waals surface area contributed by atoms with Gasteiger partial charge in [0.05, 0.1) is 52.3 Å². The lowest BCUT2D eigenvalue weighted by Crippen LogP contribution is -2.47. The van der Waals surface area contributed by atoms with E-state index in [-0.39, 0.29) is 11.9 Å². The van der Waals surface area contributed by atoms with Gasteiger partial charge in [-0.15, -0.1) is 6.58 Å². The Bertz CT molecular complexity index is 1190. The molecule has 1 unspecified atom stereocenters. The summed E-state index contributed by atoms with van der Waals surface area (Å²) >= 11 is 0. The molecule has 1 atom stereocenters. The van der Waals surface area contributed by atoms with Gasteiger partial charge in [-0.2, -0.15) is 0 Å². The van der Waals surface area contributed by atoms with Gasteiger partial charge in [0.2, 0.25) is 0 Å². The Morgan fingerprint density at radius 2 is 1.67 bits per heavy atom. The molecule has 2 heterocycles. The lowest BCUT2D eigenvalue weighted by atomic mass is 9.95. The number of amides is 3. The van der Waals surface area contributed by atoms with Crippen molar-refractivity contribution in [1.82, 2.24) is 15.1 Å². The highest BCUT2D eigenvalue weighted by Gasteiger charge is 2.43. The monoisotopic (exact) mass is 493 g/mol. The van der Waals surface area contributed by atoms with E-state index in [1.807, 2.05) is 18.2 Å². The largest absolute Gasteiger partial charge is 0.497 e. The molecule has 0 radical (unpaired) electrons. The topological polar surface area (TPSA) is 89.6 Å². The van der Waals surface area contributed by atoms with E-state index in [1.165, 1.54) is 0 Å². The number of hydrogen-bond donors (Lipinski definition) is 1. The van der Waals surface area contributed by atoms with E-state index in [0.29, 0.717) is 65.9 Å². The van der Waals surface area contributed by atoms with E-state index in [0.717, 1.165) is 5.56 Å². The lowest BCUT2D eigenvalue weighted by molar-refractivity contribution is -0.125. The van der Waals surface area contributed by atoms with Crippen molar-refractivity contribution in [3.63, 3.8) is 0 Å². The molecular formula is C27H31N3O6. The summed E-state index contributed by atoms with van der Waals surface area (Å²) in [6, 6.07) is 10.2. The van der Waals surface area contributed by atoms with Gasteiger partial charge in [-0.3, -0.25) is 9.69 Å². The zero-order valence-electron chi connectivity index (χ0n) is 21.0. The highest BCUT2D eigenvalue weighted by Crippen LogP contribution is 2.38. The van der Waals surface area contributed by atoms with Crippen molar-refractivity contribution in [3.05, 3.63) is 71.5 Å². The van der Waals surface area contributed by atoms with Crippen LogP contribution in [0.25, 0.3) is 0 Å². The highest BCUT2D eigenvalue weighted by molar-refractivity contribution is 6.01. The number of nitrogens with zero attached hydrogens (tertiary/aromatic N) is 2. The second kappa shape index (κ2) is 10.6. The fourth-order valence-electron chi connectivity index (χ4n) is 4.60. The zero-order valence-corrected chi connectivity index (χ0v) is 21.0. The van der Waals surface area contributed by atoms with Crippen LogP contribution in [0.2, 0.25) is 0 Å². The maximum Gasteiger partial charge on any atom is 0.322 e. The quantitative estimate of drug-likeness (QED) is 0.511. The fourth-order valence-corrected chi connectivity index (χ4v) is 4.60. The highest BCUT2D eigenvalue weighted by atomic mass is 16.5. The molecule has 2 aromatic carbocycles. The number of benzene rings is 2. The van der Waals surface area contributed by atoms with Crippen molar-refractivity contribution in [2.75, 3.05) is 48.1 Å². The van der Waals surface area contributed by atoms with Crippen LogP contribution in [0.4, 0.5) is 4.79 Å². The first-order chi connectivity index (χ1) is 17.4. The van der Waals surface area contributed by atoms with Crippen LogP contribution >= 0.6 is 0 Å². The summed E-state index contributed by atoms with van der Waals surface area (Å²) in [5.74, 6) is 2.32. The summed E-state index contributed by atoms with van der Waals surface area (Å²) in [6.45, 7) is 4.89. The number of carbonyl (C=O) groups is 2. The van der Waals surface area contributed by atoms with Gasteiger partial charge in [-0.1, -0.05) is 12.1 Å². The Hall–Kier alpha value is -4.14. The number of ether oxygens (including phenoxy) is 4. The Morgan fingerprint density at radius 3 is 2.28 bits per heavy atom. The van der Waals surface area contributed by atoms with Gasteiger partial charge in [0.1, 0.15) is 11.5 Å². The first kappa shape index (κ1) is 25.0. The maximum atomic E-state index is 13.7. The summed E-state index contributed by atoms with van der Waals surface area (Å²) in [5.41, 5.74) is 2.94. The number of methoxy groups -OCH3 is 4. The molecule has 1 N–H and O–H groups in total. The number of carbonyl (C=O) groups excluding carboxylic acids is 2. The van der Waals surface area contributed by atoms with Crippen LogP contribution in [-0.2, 0) is 11.2 Å². The van der Waals surface area contributed by atoms with Crippen LogP contribution in [-0.4, -0.2) is 69.8 Å². The average molecular weight is 494 g/mol. The number of hydrogen-bond acceptors (Lipinski definition) is 6. The molecule has 2 aromatic rings. The first-order valence-corrected chi connectivity index (χ1v) is 11.6. The van der Waals surface area contributed by atoms with Crippen molar-refractivity contribution in [3.8, 4) is 23.0 Å². The van der Waals surface area contributed by atoms with E-state index in [2.05, 4.69) is 11.9 Å². The van der Waals surface area contributed by atoms with Crippen molar-refractivity contribution >= 4 is 11.9 Å². The second-order valence-electron chi connectivity index (χ2n) is 8.45. The number of nitrogens with one attached hydrogen (secondary N) is 1. The molecule has 2 aliphatic rings. The van der Waals surface area contributed by atoms with Crippen LogP contribution in [0.3, 0.4) is 0 Å². The summed E-state index contributed by atoms with van der Waals surface area (Å²) in [6.07, 6.45) is 2.27. The summed E-state index contributed by atoms with van der Waals surface area (Å²) < 4.78 is 21.5. The number of urea groups is 1. The van der Waals surface area contributed by atoms with E-state index in [1.54, 1.807) is 62.5 Å². The fraction of sp³-hybridized carbons (Fsp3) is 0.333. The van der Waals surface area contributed by atoms with Gasteiger partial charge in [0.15, 0.2) is 11.5 Å². The first-order valence-electron chi connectivity index (χ1n) is 11.6. The minimum Gasteiger partial charge on any atom is -0.497 e. The Morgan fingerprint density at radius 1 is 0.972 bits per heavy atom. The summed E-state index contributed by atoms with van der Waals surface area (Å²) in [4.78, 5) is 30.1. The molecule has 0 saturated carbocycles. The van der Waals surface area contributed by atoms with Crippen molar-refractivity contribution in [2.24, 2.45) is 0 Å². The van der Waals surface area contributed by atoms with E-state index >= 15 is 0 Å². The van der Waals surface area contributed by atoms with Crippen LogP contribution in [0, 0.1) is 0 Å². The smallest absolute Gasteiger partial charge is 0.322 e. The molecule has 0 bridgehead atoms. The Labute approximate surface area is 210 Å². The molecule has 0 aliphatic carbocycles. The molecule has 0 fully saturated rings. The van der Waals surface area contributed by atoms with Crippen LogP contribution in [0.15, 0.2) is 60.3 Å². The third-order valence-electron chi connectivity index (χ3n) is 6.43. The van der Waals surface area contributed by atoms with Gasteiger partial charge >= 0.3 is 6.03 Å². The minimum atomic E-state index is -0.629. The molecule has 190 valence electrons. The number of rotatable bonds is 10. The average Bonchev–Trinajstić information content (AvgIpc) is 3.24. The SMILES string of the molecule is C=CCN1C(=O)NC(c2cc(OC)cc(OC)c2)C2=C1CN(CCc1ccc(OC)c(OC)c1)C2=O. The molecule has 0 spiro atoms. The van der Waals surface area contributed by atoms with Crippen molar-refractivity contribution in [1.29, 1.82) is 0 Å². The van der Waals surface area contributed by atoms with Gasteiger partial charge in [0, 0.05) is 19.2 Å². The van der Waals surface area contributed by atoms with Crippen molar-refractivity contribution in [2.45, 2.75) is 12.5 Å². The maximum absolute atomic E-state index is 13.7. The van der Waals surface area contributed by atoms with Crippen LogP contribution < -0.4 is 24.3 Å². The Kier molecular flexibility index (Phi) is 7.38. The van der Waals surface area contributed by atoms with Crippen molar-refractivity contribution < 1.29 is 28.5 Å². The molecule has 9 heteroatoms. The Balaban J connectivity index is 1.63. The third kappa shape index (κ3) is 4.68. The molecular weight excluding hydrogens is 462 g/mol. The summed E-state index contributed by atoms with van der Waals surface area (Å²) in [5, 5.41) is 2.99.